The standard InChI is InChI=1S/C13H17N3O5/c1-8(2)14-13(19)15-11(17)9(3)21-12(18)10-6-4-5-7-16(10)20/h4-9H,1-3H3,(H2,14,15,17,19)/t9-/m1/s1. The average molecular weight is 295 g/mol. The molecule has 0 spiro atoms. The first-order valence-electron chi connectivity index (χ1n) is 6.31. The lowest BCUT2D eigenvalue weighted by molar-refractivity contribution is -0.608. The molecule has 1 aromatic rings. The summed E-state index contributed by atoms with van der Waals surface area (Å²) in [4.78, 5) is 34.7. The van der Waals surface area contributed by atoms with Crippen LogP contribution in [0.3, 0.4) is 0 Å². The van der Waals surface area contributed by atoms with E-state index >= 15 is 0 Å². The number of carbonyl (C=O) groups is 3. The number of pyridine rings is 1. The molecule has 2 N–H and O–H groups in total. The Hall–Kier alpha value is -2.64. The van der Waals surface area contributed by atoms with Gasteiger partial charge in [0.25, 0.3) is 5.91 Å². The number of imide groups is 1. The van der Waals surface area contributed by atoms with Gasteiger partial charge in [-0.3, -0.25) is 10.1 Å². The Kier molecular flexibility index (Phi) is 5.65. The highest BCUT2D eigenvalue weighted by atomic mass is 16.6. The van der Waals surface area contributed by atoms with Crippen molar-refractivity contribution in [3.8, 4) is 0 Å². The average Bonchev–Trinajstić information content (AvgIpc) is 2.37. The molecule has 0 aromatic carbocycles. The normalized spacial score (nSPS) is 11.6. The minimum absolute atomic E-state index is 0.139. The molecule has 1 atom stereocenters. The number of hydrogen-bond acceptors (Lipinski definition) is 5. The second-order valence-corrected chi connectivity index (χ2v) is 4.58. The number of hydrogen-bond donors (Lipinski definition) is 2. The first-order chi connectivity index (χ1) is 9.81. The number of urea groups is 1. The van der Waals surface area contributed by atoms with Gasteiger partial charge >= 0.3 is 17.7 Å². The van der Waals surface area contributed by atoms with Crippen molar-refractivity contribution in [3.05, 3.63) is 35.3 Å². The number of esters is 1. The molecule has 8 nitrogen and oxygen atoms in total. The third-order valence-electron chi connectivity index (χ3n) is 2.34. The van der Waals surface area contributed by atoms with Gasteiger partial charge in [-0.25, -0.2) is 9.59 Å². The second-order valence-electron chi connectivity index (χ2n) is 4.58. The number of aromatic nitrogens is 1. The predicted molar refractivity (Wildman–Crippen MR) is 72.1 cm³/mol. The smallest absolute Gasteiger partial charge is 0.405 e. The molecule has 0 aliphatic rings. The zero-order chi connectivity index (χ0) is 16.0. The molecule has 0 aliphatic heterocycles. The van der Waals surface area contributed by atoms with Gasteiger partial charge in [0.15, 0.2) is 12.3 Å². The molecule has 0 fully saturated rings. The minimum Gasteiger partial charge on any atom is -0.618 e. The molecule has 0 saturated heterocycles. The number of nitrogens with zero attached hydrogens (tertiary/aromatic N) is 1. The Bertz CT molecular complexity index is 544. The Morgan fingerprint density at radius 2 is 1.90 bits per heavy atom. The lowest BCUT2D eigenvalue weighted by Gasteiger charge is -2.14. The van der Waals surface area contributed by atoms with E-state index in [4.69, 9.17) is 4.74 Å². The number of amides is 3. The van der Waals surface area contributed by atoms with Gasteiger partial charge in [-0.05, 0) is 26.8 Å². The molecule has 0 saturated carbocycles. The van der Waals surface area contributed by atoms with Crippen molar-refractivity contribution in [2.45, 2.75) is 32.9 Å². The summed E-state index contributed by atoms with van der Waals surface area (Å²) in [6, 6.07) is 3.39. The topological polar surface area (TPSA) is 111 Å². The fraction of sp³-hybridized carbons (Fsp3) is 0.385. The second kappa shape index (κ2) is 7.22. The van der Waals surface area contributed by atoms with Crippen LogP contribution in [0, 0.1) is 5.21 Å². The maximum Gasteiger partial charge on any atom is 0.405 e. The zero-order valence-electron chi connectivity index (χ0n) is 12.0. The van der Waals surface area contributed by atoms with Crippen molar-refractivity contribution >= 4 is 17.9 Å². The third kappa shape index (κ3) is 5.09. The highest BCUT2D eigenvalue weighted by Crippen LogP contribution is 1.99. The summed E-state index contributed by atoms with van der Waals surface area (Å²) in [5.41, 5.74) is -0.246. The highest BCUT2D eigenvalue weighted by molar-refractivity contribution is 5.98. The van der Waals surface area contributed by atoms with Crippen LogP contribution < -0.4 is 15.4 Å². The molecule has 8 heteroatoms. The van der Waals surface area contributed by atoms with Crippen molar-refractivity contribution in [2.24, 2.45) is 0 Å². The summed E-state index contributed by atoms with van der Waals surface area (Å²) in [6.07, 6.45) is -0.0761. The number of rotatable bonds is 4. The van der Waals surface area contributed by atoms with Crippen LogP contribution in [0.2, 0.25) is 0 Å². The van der Waals surface area contributed by atoms with Gasteiger partial charge in [-0.2, -0.15) is 4.73 Å². The summed E-state index contributed by atoms with van der Waals surface area (Å²) >= 11 is 0. The maximum absolute atomic E-state index is 11.7. The first-order valence-corrected chi connectivity index (χ1v) is 6.31. The van der Waals surface area contributed by atoms with Gasteiger partial charge in [-0.1, -0.05) is 0 Å². The van der Waals surface area contributed by atoms with Crippen LogP contribution in [0.25, 0.3) is 0 Å². The Labute approximate surface area is 121 Å². The molecule has 1 aromatic heterocycles. The summed E-state index contributed by atoms with van der Waals surface area (Å²) in [5, 5.41) is 15.9. The van der Waals surface area contributed by atoms with Crippen LogP contribution in [0.4, 0.5) is 4.79 Å². The van der Waals surface area contributed by atoms with E-state index in [-0.39, 0.29) is 11.7 Å². The van der Waals surface area contributed by atoms with Crippen LogP contribution >= 0.6 is 0 Å². The van der Waals surface area contributed by atoms with Crippen LogP contribution in [-0.4, -0.2) is 30.1 Å². The lowest BCUT2D eigenvalue weighted by atomic mass is 10.3. The largest absolute Gasteiger partial charge is 0.618 e. The summed E-state index contributed by atoms with van der Waals surface area (Å²) in [5.74, 6) is -1.73. The van der Waals surface area contributed by atoms with E-state index in [0.29, 0.717) is 4.73 Å². The Morgan fingerprint density at radius 1 is 1.24 bits per heavy atom. The van der Waals surface area contributed by atoms with Crippen LogP contribution in [-0.2, 0) is 9.53 Å². The molecule has 114 valence electrons. The van der Waals surface area contributed by atoms with Gasteiger partial charge in [0, 0.05) is 18.2 Å². The molecule has 1 heterocycles. The molecule has 0 radical (unpaired) electrons. The molecule has 3 amide bonds. The lowest BCUT2D eigenvalue weighted by Crippen LogP contribution is -2.47. The van der Waals surface area contributed by atoms with Crippen molar-refractivity contribution in [1.82, 2.24) is 10.6 Å². The molecule has 1 rings (SSSR count). The fourth-order valence-corrected chi connectivity index (χ4v) is 1.37. The molecule has 21 heavy (non-hydrogen) atoms. The van der Waals surface area contributed by atoms with Crippen LogP contribution in [0.1, 0.15) is 31.3 Å². The van der Waals surface area contributed by atoms with Crippen molar-refractivity contribution in [3.63, 3.8) is 0 Å². The van der Waals surface area contributed by atoms with Gasteiger partial charge in [0.05, 0.1) is 0 Å². The number of carbonyl (C=O) groups excluding carboxylic acids is 3. The molecule has 0 aliphatic carbocycles. The maximum atomic E-state index is 11.7. The SMILES string of the molecule is CC(C)NC(=O)NC(=O)[C@@H](C)OC(=O)c1cccc[n+]1[O-]. The Balaban J connectivity index is 2.58. The van der Waals surface area contributed by atoms with Crippen LogP contribution in [0.15, 0.2) is 24.4 Å². The van der Waals surface area contributed by atoms with Crippen molar-refractivity contribution in [2.75, 3.05) is 0 Å². The number of nitrogens with one attached hydrogen (secondary N) is 2. The fourth-order valence-electron chi connectivity index (χ4n) is 1.37. The molecule has 0 unspecified atom stereocenters. The monoisotopic (exact) mass is 295 g/mol. The quantitative estimate of drug-likeness (QED) is 0.465. The van der Waals surface area contributed by atoms with E-state index in [1.54, 1.807) is 13.8 Å². The molecule has 0 bridgehead atoms. The first kappa shape index (κ1) is 16.4. The van der Waals surface area contributed by atoms with E-state index in [1.165, 1.54) is 25.1 Å². The number of ether oxygens (including phenoxy) is 1. The summed E-state index contributed by atoms with van der Waals surface area (Å²) < 4.78 is 5.16. The van der Waals surface area contributed by atoms with E-state index in [0.717, 1.165) is 6.20 Å². The van der Waals surface area contributed by atoms with Gasteiger partial charge in [-0.15, -0.1) is 0 Å². The molecular weight excluding hydrogens is 278 g/mol. The highest BCUT2D eigenvalue weighted by Gasteiger charge is 2.24. The summed E-state index contributed by atoms with van der Waals surface area (Å²) in [6.45, 7) is 4.76. The Morgan fingerprint density at radius 3 is 2.48 bits per heavy atom. The van der Waals surface area contributed by atoms with E-state index in [2.05, 4.69) is 5.32 Å². The van der Waals surface area contributed by atoms with Crippen LogP contribution in [0.5, 0.6) is 0 Å². The van der Waals surface area contributed by atoms with Gasteiger partial charge < -0.3 is 15.3 Å². The summed E-state index contributed by atoms with van der Waals surface area (Å²) in [7, 11) is 0. The molecular formula is C13H17N3O5. The van der Waals surface area contributed by atoms with Gasteiger partial charge in [0.1, 0.15) is 0 Å². The zero-order valence-corrected chi connectivity index (χ0v) is 12.0. The minimum atomic E-state index is -1.21. The predicted octanol–water partition coefficient (Wildman–Crippen LogP) is 0.0995. The van der Waals surface area contributed by atoms with E-state index in [1.807, 2.05) is 5.32 Å². The van der Waals surface area contributed by atoms with Crippen molar-refractivity contribution in [1.29, 1.82) is 0 Å². The van der Waals surface area contributed by atoms with E-state index in [9.17, 15) is 19.6 Å². The third-order valence-corrected chi connectivity index (χ3v) is 2.34. The van der Waals surface area contributed by atoms with Crippen molar-refractivity contribution < 1.29 is 23.9 Å². The van der Waals surface area contributed by atoms with E-state index < -0.39 is 24.0 Å². The van der Waals surface area contributed by atoms with Gasteiger partial charge in [0.2, 0.25) is 0 Å².